The molecule has 0 radical (unpaired) electrons. The number of benzene rings is 2. The van der Waals surface area contributed by atoms with E-state index in [4.69, 9.17) is 9.88 Å². The minimum absolute atomic E-state index is 0.525. The number of hydrogen-bond donors (Lipinski definition) is 2. The third kappa shape index (κ3) is 7.24. The van der Waals surface area contributed by atoms with Gasteiger partial charge < -0.3 is 14.7 Å². The molecule has 1 aliphatic heterocycles. The molecule has 0 spiro atoms. The number of ether oxygens (including phenoxy) is 1. The van der Waals surface area contributed by atoms with Crippen molar-refractivity contribution in [1.29, 1.82) is 0 Å². The number of aliphatic carboxylic acids is 1. The summed E-state index contributed by atoms with van der Waals surface area (Å²) in [6.45, 7) is 4.00. The van der Waals surface area contributed by atoms with E-state index >= 15 is 0 Å². The second-order valence-electron chi connectivity index (χ2n) is 9.32. The summed E-state index contributed by atoms with van der Waals surface area (Å²) in [6, 6.07) is 16.5. The standard InChI is InChI=1S/C22H28N2O3S.C6H12/c1-2-24(18-6-4-3-5-7-18)19-9-8-17(16-20(19)28-23)10-11-22(21(25)26)12-14-27-15-13-22;1-2-4-6-5-3-1/h3-9,16H,2,10-15,23H2,1H3,(H,25,26);1-6H2. The van der Waals surface area contributed by atoms with Gasteiger partial charge in [-0.1, -0.05) is 62.8 Å². The number of carboxylic acids is 1. The van der Waals surface area contributed by atoms with Crippen molar-refractivity contribution in [2.24, 2.45) is 10.6 Å². The van der Waals surface area contributed by atoms with Gasteiger partial charge in [0, 0.05) is 30.3 Å². The maximum atomic E-state index is 11.9. The van der Waals surface area contributed by atoms with Crippen molar-refractivity contribution in [3.63, 3.8) is 0 Å². The van der Waals surface area contributed by atoms with Crippen molar-refractivity contribution in [3.05, 3.63) is 54.1 Å². The Balaban J connectivity index is 0.000000469. The molecule has 4 rings (SSSR count). The Labute approximate surface area is 209 Å². The molecule has 2 aromatic carbocycles. The van der Waals surface area contributed by atoms with Gasteiger partial charge in [0.05, 0.1) is 11.1 Å². The summed E-state index contributed by atoms with van der Waals surface area (Å²) in [7, 11) is 0. The Morgan fingerprint density at radius 2 is 1.65 bits per heavy atom. The summed E-state index contributed by atoms with van der Waals surface area (Å²) in [6.07, 6.45) is 11.5. The fourth-order valence-electron chi connectivity index (χ4n) is 4.91. The van der Waals surface area contributed by atoms with E-state index in [1.165, 1.54) is 50.5 Å². The van der Waals surface area contributed by atoms with Crippen molar-refractivity contribution in [2.45, 2.75) is 76.0 Å². The van der Waals surface area contributed by atoms with E-state index in [1.807, 2.05) is 18.2 Å². The van der Waals surface area contributed by atoms with Gasteiger partial charge >= 0.3 is 5.97 Å². The van der Waals surface area contributed by atoms with Crippen LogP contribution in [0.4, 0.5) is 11.4 Å². The molecule has 1 aliphatic carbocycles. The van der Waals surface area contributed by atoms with Crippen molar-refractivity contribution in [1.82, 2.24) is 0 Å². The zero-order valence-corrected chi connectivity index (χ0v) is 21.3. The van der Waals surface area contributed by atoms with Crippen LogP contribution in [0.3, 0.4) is 0 Å². The molecular weight excluding hydrogens is 444 g/mol. The first-order chi connectivity index (χ1) is 16.6. The topological polar surface area (TPSA) is 75.8 Å². The van der Waals surface area contributed by atoms with E-state index in [-0.39, 0.29) is 0 Å². The molecule has 3 N–H and O–H groups in total. The van der Waals surface area contributed by atoms with Crippen LogP contribution < -0.4 is 10.0 Å². The van der Waals surface area contributed by atoms with Gasteiger partial charge in [-0.2, -0.15) is 0 Å². The predicted molar refractivity (Wildman–Crippen MR) is 142 cm³/mol. The van der Waals surface area contributed by atoms with Crippen molar-refractivity contribution < 1.29 is 14.6 Å². The number of hydrogen-bond acceptors (Lipinski definition) is 5. The van der Waals surface area contributed by atoms with Crippen LogP contribution in [0.1, 0.15) is 70.3 Å². The van der Waals surface area contributed by atoms with Crippen LogP contribution in [0.5, 0.6) is 0 Å². The first-order valence-corrected chi connectivity index (χ1v) is 13.6. The average molecular weight is 485 g/mol. The number of aryl methyl sites for hydroxylation is 1. The van der Waals surface area contributed by atoms with Crippen LogP contribution in [0.25, 0.3) is 0 Å². The molecule has 1 heterocycles. The maximum absolute atomic E-state index is 11.9. The van der Waals surface area contributed by atoms with Gasteiger partial charge in [0.15, 0.2) is 0 Å². The minimum atomic E-state index is -0.706. The molecule has 6 heteroatoms. The highest BCUT2D eigenvalue weighted by atomic mass is 32.2. The number of anilines is 2. The van der Waals surface area contributed by atoms with Gasteiger partial charge in [0.25, 0.3) is 0 Å². The maximum Gasteiger partial charge on any atom is 0.309 e. The lowest BCUT2D eigenvalue weighted by molar-refractivity contribution is -0.155. The lowest BCUT2D eigenvalue weighted by Gasteiger charge is -2.33. The van der Waals surface area contributed by atoms with Gasteiger partial charge in [-0.3, -0.25) is 9.93 Å². The minimum Gasteiger partial charge on any atom is -0.481 e. The molecular formula is C28H40N2O3S. The molecule has 2 fully saturated rings. The second-order valence-corrected chi connectivity index (χ2v) is 9.99. The Morgan fingerprint density at radius 3 is 2.18 bits per heavy atom. The molecule has 0 atom stereocenters. The summed E-state index contributed by atoms with van der Waals surface area (Å²) < 4.78 is 5.37. The molecule has 0 bridgehead atoms. The van der Waals surface area contributed by atoms with Gasteiger partial charge in [-0.15, -0.1) is 0 Å². The lowest BCUT2D eigenvalue weighted by Crippen LogP contribution is -2.37. The molecule has 0 aromatic heterocycles. The predicted octanol–water partition coefficient (Wildman–Crippen LogP) is 6.97. The van der Waals surface area contributed by atoms with E-state index in [0.717, 1.165) is 34.8 Å². The van der Waals surface area contributed by atoms with E-state index in [1.54, 1.807) is 0 Å². The Hall–Kier alpha value is -2.02. The molecule has 186 valence electrons. The third-order valence-electron chi connectivity index (χ3n) is 7.12. The number of carboxylic acid groups (broad SMARTS) is 1. The molecule has 1 saturated carbocycles. The summed E-state index contributed by atoms with van der Waals surface area (Å²) >= 11 is 1.24. The molecule has 34 heavy (non-hydrogen) atoms. The van der Waals surface area contributed by atoms with Crippen molar-refractivity contribution in [3.8, 4) is 0 Å². The fraction of sp³-hybridized carbons (Fsp3) is 0.536. The summed E-state index contributed by atoms with van der Waals surface area (Å²) in [5, 5.41) is 15.7. The number of nitrogens with two attached hydrogens (primary N) is 1. The third-order valence-corrected chi connectivity index (χ3v) is 7.70. The first kappa shape index (κ1) is 26.6. The average Bonchev–Trinajstić information content (AvgIpc) is 2.91. The van der Waals surface area contributed by atoms with E-state index in [0.29, 0.717) is 32.5 Å². The van der Waals surface area contributed by atoms with Crippen LogP contribution in [0, 0.1) is 5.41 Å². The second kappa shape index (κ2) is 13.8. The normalized spacial score (nSPS) is 17.4. The van der Waals surface area contributed by atoms with Gasteiger partial charge in [-0.05, 0) is 74.4 Å². The molecule has 2 aliphatic rings. The monoisotopic (exact) mass is 484 g/mol. The quantitative estimate of drug-likeness (QED) is 0.394. The lowest BCUT2D eigenvalue weighted by atomic mass is 9.76. The Kier molecular flexibility index (Phi) is 10.8. The summed E-state index contributed by atoms with van der Waals surface area (Å²) in [4.78, 5) is 15.1. The SMILES string of the molecule is C1CCCCC1.CCN(c1ccccc1)c1ccc(CCC2(C(=O)O)CCOCC2)cc1SN. The van der Waals surface area contributed by atoms with Crippen LogP contribution in [-0.4, -0.2) is 30.8 Å². The van der Waals surface area contributed by atoms with Gasteiger partial charge in [-0.25, -0.2) is 0 Å². The highest BCUT2D eigenvalue weighted by Gasteiger charge is 2.39. The van der Waals surface area contributed by atoms with Crippen molar-refractivity contribution >= 4 is 29.3 Å². The largest absolute Gasteiger partial charge is 0.481 e. The van der Waals surface area contributed by atoms with E-state index < -0.39 is 11.4 Å². The molecule has 1 saturated heterocycles. The molecule has 0 unspecified atom stereocenters. The van der Waals surface area contributed by atoms with Crippen LogP contribution in [0.2, 0.25) is 0 Å². The highest BCUT2D eigenvalue weighted by Crippen LogP contribution is 2.38. The van der Waals surface area contributed by atoms with Crippen LogP contribution >= 0.6 is 11.9 Å². The van der Waals surface area contributed by atoms with Gasteiger partial charge in [0.1, 0.15) is 0 Å². The zero-order valence-electron chi connectivity index (χ0n) is 20.5. The highest BCUT2D eigenvalue weighted by molar-refractivity contribution is 7.97. The van der Waals surface area contributed by atoms with E-state index in [2.05, 4.69) is 42.2 Å². The van der Waals surface area contributed by atoms with Crippen LogP contribution in [-0.2, 0) is 16.0 Å². The first-order valence-electron chi connectivity index (χ1n) is 12.7. The Morgan fingerprint density at radius 1 is 1.03 bits per heavy atom. The van der Waals surface area contributed by atoms with Gasteiger partial charge in [0.2, 0.25) is 0 Å². The summed E-state index contributed by atoms with van der Waals surface area (Å²) in [5.74, 6) is -0.706. The number of rotatable bonds is 8. The number of carbonyl (C=O) groups is 1. The molecule has 0 amide bonds. The van der Waals surface area contributed by atoms with Crippen LogP contribution in [0.15, 0.2) is 53.4 Å². The molecule has 5 nitrogen and oxygen atoms in total. The van der Waals surface area contributed by atoms with Crippen molar-refractivity contribution in [2.75, 3.05) is 24.7 Å². The smallest absolute Gasteiger partial charge is 0.309 e. The van der Waals surface area contributed by atoms with E-state index in [9.17, 15) is 9.90 Å². The molecule has 2 aromatic rings. The number of para-hydroxylation sites is 1. The number of nitrogens with zero attached hydrogens (tertiary/aromatic N) is 1. The Bertz CT molecular complexity index is 869. The fourth-order valence-corrected chi connectivity index (χ4v) is 5.43. The zero-order chi connectivity index (χ0) is 24.2. The summed E-state index contributed by atoms with van der Waals surface area (Å²) in [5.41, 5.74) is 2.64.